The van der Waals surface area contributed by atoms with Gasteiger partial charge >= 0.3 is 0 Å². The Labute approximate surface area is 131 Å². The van der Waals surface area contributed by atoms with Crippen LogP contribution in [0.15, 0.2) is 48.5 Å². The van der Waals surface area contributed by atoms with Crippen LogP contribution in [0.4, 0.5) is 0 Å². The lowest BCUT2D eigenvalue weighted by Gasteiger charge is -2.23. The van der Waals surface area contributed by atoms with Crippen molar-refractivity contribution in [3.8, 4) is 11.1 Å². The Morgan fingerprint density at radius 1 is 0.591 bits per heavy atom. The van der Waals surface area contributed by atoms with E-state index in [0.717, 1.165) is 0 Å². The quantitative estimate of drug-likeness (QED) is 0.512. The van der Waals surface area contributed by atoms with Crippen molar-refractivity contribution in [3.63, 3.8) is 0 Å². The maximum Gasteiger partial charge on any atom is -0.0143 e. The second kappa shape index (κ2) is 4.71. The molecule has 0 unspecified atom stereocenters. The fraction of sp³-hybridized carbons (Fsp3) is 0.273. The first kappa shape index (κ1) is 12.5. The van der Waals surface area contributed by atoms with Gasteiger partial charge in [0.25, 0.3) is 0 Å². The van der Waals surface area contributed by atoms with E-state index in [-0.39, 0.29) is 0 Å². The zero-order valence-electron chi connectivity index (χ0n) is 12.9. The van der Waals surface area contributed by atoms with Crippen molar-refractivity contribution >= 4 is 10.8 Å². The third kappa shape index (κ3) is 1.76. The Kier molecular flexibility index (Phi) is 2.67. The van der Waals surface area contributed by atoms with Crippen molar-refractivity contribution in [1.82, 2.24) is 0 Å². The van der Waals surface area contributed by atoms with Crippen molar-refractivity contribution in [2.75, 3.05) is 0 Å². The SMILES string of the molecule is c1ccc2c(c1)CCc1cc3c4c(ccc3cc1-2)CCCC4. The van der Waals surface area contributed by atoms with Crippen LogP contribution in [-0.4, -0.2) is 0 Å². The van der Waals surface area contributed by atoms with E-state index >= 15 is 0 Å². The maximum absolute atomic E-state index is 2.50. The monoisotopic (exact) mass is 284 g/mol. The molecule has 0 bridgehead atoms. The predicted octanol–water partition coefficient (Wildman–Crippen LogP) is 5.48. The zero-order valence-corrected chi connectivity index (χ0v) is 12.9. The van der Waals surface area contributed by atoms with E-state index in [2.05, 4.69) is 48.5 Å². The molecule has 2 aliphatic rings. The summed E-state index contributed by atoms with van der Waals surface area (Å²) in [4.78, 5) is 0. The molecule has 0 aromatic heterocycles. The molecule has 0 atom stereocenters. The van der Waals surface area contributed by atoms with E-state index in [4.69, 9.17) is 0 Å². The number of hydrogen-bond acceptors (Lipinski definition) is 0. The number of fused-ring (bicyclic) bond motifs is 6. The Bertz CT molecular complexity index is 886. The molecule has 0 amide bonds. The van der Waals surface area contributed by atoms with Crippen molar-refractivity contribution in [1.29, 1.82) is 0 Å². The lowest BCUT2D eigenvalue weighted by atomic mass is 9.81. The van der Waals surface area contributed by atoms with Crippen LogP contribution in [0.5, 0.6) is 0 Å². The van der Waals surface area contributed by atoms with Gasteiger partial charge in [0.1, 0.15) is 0 Å². The molecule has 2 aliphatic carbocycles. The highest BCUT2D eigenvalue weighted by Crippen LogP contribution is 2.38. The Hall–Kier alpha value is -2.08. The first-order valence-electron chi connectivity index (χ1n) is 8.56. The molecule has 0 saturated heterocycles. The summed E-state index contributed by atoms with van der Waals surface area (Å²) in [6.45, 7) is 0. The zero-order chi connectivity index (χ0) is 14.5. The fourth-order valence-electron chi connectivity index (χ4n) is 4.40. The third-order valence-corrected chi connectivity index (χ3v) is 5.55. The first-order valence-corrected chi connectivity index (χ1v) is 8.56. The molecule has 0 fully saturated rings. The highest BCUT2D eigenvalue weighted by Gasteiger charge is 2.18. The molecule has 0 saturated carbocycles. The van der Waals surface area contributed by atoms with E-state index < -0.39 is 0 Å². The third-order valence-electron chi connectivity index (χ3n) is 5.55. The normalized spacial score (nSPS) is 16.0. The van der Waals surface area contributed by atoms with Crippen LogP contribution in [0.2, 0.25) is 0 Å². The molecular formula is C22H20. The number of aryl methyl sites for hydroxylation is 4. The maximum atomic E-state index is 2.50. The summed E-state index contributed by atoms with van der Waals surface area (Å²) in [7, 11) is 0. The second-order valence-electron chi connectivity index (χ2n) is 6.80. The average Bonchev–Trinajstić information content (AvgIpc) is 2.60. The van der Waals surface area contributed by atoms with Crippen LogP contribution >= 0.6 is 0 Å². The molecule has 0 nitrogen and oxygen atoms in total. The molecule has 3 aromatic rings. The van der Waals surface area contributed by atoms with Gasteiger partial charge in [0.15, 0.2) is 0 Å². The highest BCUT2D eigenvalue weighted by atomic mass is 14.2. The second-order valence-corrected chi connectivity index (χ2v) is 6.80. The van der Waals surface area contributed by atoms with Gasteiger partial charge in [0, 0.05) is 0 Å². The van der Waals surface area contributed by atoms with Gasteiger partial charge in [-0.2, -0.15) is 0 Å². The Morgan fingerprint density at radius 3 is 2.45 bits per heavy atom. The summed E-state index contributed by atoms with van der Waals surface area (Å²) >= 11 is 0. The summed E-state index contributed by atoms with van der Waals surface area (Å²) in [5, 5.41) is 2.95. The van der Waals surface area contributed by atoms with Gasteiger partial charge in [-0.1, -0.05) is 42.5 Å². The van der Waals surface area contributed by atoms with Gasteiger partial charge in [0.2, 0.25) is 0 Å². The highest BCUT2D eigenvalue weighted by molar-refractivity contribution is 5.93. The van der Waals surface area contributed by atoms with E-state index in [1.165, 1.54) is 66.0 Å². The van der Waals surface area contributed by atoms with Crippen LogP contribution in [0.1, 0.15) is 35.1 Å². The van der Waals surface area contributed by atoms with Crippen LogP contribution in [0.25, 0.3) is 21.9 Å². The molecule has 0 radical (unpaired) electrons. The summed E-state index contributed by atoms with van der Waals surface area (Å²) in [5.74, 6) is 0. The minimum atomic E-state index is 1.18. The molecule has 5 rings (SSSR count). The lowest BCUT2D eigenvalue weighted by molar-refractivity contribution is 0.690. The van der Waals surface area contributed by atoms with Gasteiger partial charge < -0.3 is 0 Å². The van der Waals surface area contributed by atoms with Gasteiger partial charge in [-0.15, -0.1) is 0 Å². The average molecular weight is 284 g/mol. The largest absolute Gasteiger partial charge is 0.0620 e. The molecule has 0 heterocycles. The number of rotatable bonds is 0. The van der Waals surface area contributed by atoms with Gasteiger partial charge in [-0.05, 0) is 88.7 Å². The summed E-state index contributed by atoms with van der Waals surface area (Å²) in [5.41, 5.74) is 9.19. The standard InChI is InChI=1S/C22H20/c1-3-7-19-15(5-1)9-11-17-14-22-18(13-21(17)19)12-10-16-6-2-4-8-20(16)22/h1,3,5,7,10,12-14H,2,4,6,8-9,11H2. The number of benzene rings is 3. The van der Waals surface area contributed by atoms with Gasteiger partial charge in [0.05, 0.1) is 0 Å². The van der Waals surface area contributed by atoms with Gasteiger partial charge in [-0.3, -0.25) is 0 Å². The lowest BCUT2D eigenvalue weighted by Crippen LogP contribution is -2.06. The van der Waals surface area contributed by atoms with E-state index in [9.17, 15) is 0 Å². The Balaban J connectivity index is 1.79. The molecule has 0 heteroatoms. The molecule has 3 aromatic carbocycles. The van der Waals surface area contributed by atoms with Gasteiger partial charge in [-0.25, -0.2) is 0 Å². The van der Waals surface area contributed by atoms with Crippen molar-refractivity contribution in [2.45, 2.75) is 38.5 Å². The molecule has 22 heavy (non-hydrogen) atoms. The number of hydrogen-bond donors (Lipinski definition) is 0. The molecule has 0 aliphatic heterocycles. The van der Waals surface area contributed by atoms with Crippen LogP contribution < -0.4 is 0 Å². The minimum absolute atomic E-state index is 1.18. The fourth-order valence-corrected chi connectivity index (χ4v) is 4.40. The first-order chi connectivity index (χ1) is 10.9. The van der Waals surface area contributed by atoms with Crippen molar-refractivity contribution in [3.05, 3.63) is 70.8 Å². The smallest absolute Gasteiger partial charge is 0.0143 e. The molecule has 108 valence electrons. The minimum Gasteiger partial charge on any atom is -0.0620 e. The van der Waals surface area contributed by atoms with Crippen molar-refractivity contribution < 1.29 is 0 Å². The molecule has 0 spiro atoms. The Morgan fingerprint density at radius 2 is 1.45 bits per heavy atom. The van der Waals surface area contributed by atoms with E-state index in [1.54, 1.807) is 16.7 Å². The predicted molar refractivity (Wildman–Crippen MR) is 93.4 cm³/mol. The molecule has 0 N–H and O–H groups in total. The summed E-state index contributed by atoms with van der Waals surface area (Å²) in [6, 6.07) is 18.6. The summed E-state index contributed by atoms with van der Waals surface area (Å²) < 4.78 is 0. The van der Waals surface area contributed by atoms with Crippen LogP contribution in [0, 0.1) is 0 Å². The van der Waals surface area contributed by atoms with E-state index in [0.29, 0.717) is 0 Å². The van der Waals surface area contributed by atoms with E-state index in [1.807, 2.05) is 0 Å². The van der Waals surface area contributed by atoms with Crippen LogP contribution in [-0.2, 0) is 25.7 Å². The summed E-state index contributed by atoms with van der Waals surface area (Å²) in [6.07, 6.45) is 7.62. The topological polar surface area (TPSA) is 0 Å². The molecular weight excluding hydrogens is 264 g/mol. The van der Waals surface area contributed by atoms with Crippen LogP contribution in [0.3, 0.4) is 0 Å². The van der Waals surface area contributed by atoms with Crippen molar-refractivity contribution in [2.24, 2.45) is 0 Å².